The first-order valence-corrected chi connectivity index (χ1v) is 12.1. The molecule has 1 N–H and O–H groups in total. The van der Waals surface area contributed by atoms with Crippen molar-refractivity contribution in [2.24, 2.45) is 0 Å². The molecule has 0 amide bonds. The maximum Gasteiger partial charge on any atom is 0.378 e. The van der Waals surface area contributed by atoms with Gasteiger partial charge in [0.1, 0.15) is 0 Å². The van der Waals surface area contributed by atoms with E-state index in [2.05, 4.69) is 0 Å². The Labute approximate surface area is 189 Å². The molecule has 4 fully saturated rings. The summed E-state index contributed by atoms with van der Waals surface area (Å²) in [6.45, 7) is 2.59. The highest BCUT2D eigenvalue weighted by Gasteiger charge is 2.41. The first-order valence-electron chi connectivity index (χ1n) is 12.1. The lowest BCUT2D eigenvalue weighted by atomic mass is 10.2. The molecule has 0 aromatic heterocycles. The van der Waals surface area contributed by atoms with Gasteiger partial charge in [0.05, 0.1) is 25.9 Å². The van der Waals surface area contributed by atoms with E-state index in [1.54, 1.807) is 0 Å². The molecule has 0 aromatic rings. The first kappa shape index (κ1) is 23.8. The third kappa shape index (κ3) is 6.81. The molecule has 0 aromatic carbocycles. The summed E-state index contributed by atoms with van der Waals surface area (Å²) in [5, 5.41) is 8.51. The molecule has 1 aliphatic carbocycles. The fourth-order valence-corrected chi connectivity index (χ4v) is 4.42. The van der Waals surface area contributed by atoms with E-state index in [9.17, 15) is 4.79 Å². The van der Waals surface area contributed by atoms with E-state index in [4.69, 9.17) is 38.3 Å². The number of hydrogen-bond donors (Lipinski definition) is 1. The van der Waals surface area contributed by atoms with Gasteiger partial charge in [-0.2, -0.15) is 0 Å². The number of ether oxygens (including phenoxy) is 7. The van der Waals surface area contributed by atoms with Crippen molar-refractivity contribution in [1.82, 2.24) is 0 Å². The lowest BCUT2D eigenvalue weighted by Gasteiger charge is -2.20. The number of aliphatic hydroxyl groups excluding tert-OH is 1. The SMILES string of the molecule is O=C1OC(CCOC2CCCC2)C(OC2CCCO2)=C1OC1CCCO1.OC1CCCO1. The second-order valence-corrected chi connectivity index (χ2v) is 8.74. The zero-order valence-electron chi connectivity index (χ0n) is 18.7. The second-order valence-electron chi connectivity index (χ2n) is 8.74. The van der Waals surface area contributed by atoms with Crippen LogP contribution in [-0.4, -0.2) is 68.6 Å². The van der Waals surface area contributed by atoms with Gasteiger partial charge in [-0.05, 0) is 32.1 Å². The summed E-state index contributed by atoms with van der Waals surface area (Å²) in [6, 6.07) is 0. The minimum absolute atomic E-state index is 0.137. The zero-order valence-corrected chi connectivity index (χ0v) is 18.7. The van der Waals surface area contributed by atoms with Gasteiger partial charge in [-0.25, -0.2) is 4.79 Å². The summed E-state index contributed by atoms with van der Waals surface area (Å²) < 4.78 is 39.0. The highest BCUT2D eigenvalue weighted by atomic mass is 16.7. The van der Waals surface area contributed by atoms with Crippen molar-refractivity contribution in [3.63, 3.8) is 0 Å². The maximum absolute atomic E-state index is 12.4. The van der Waals surface area contributed by atoms with Crippen LogP contribution in [0.3, 0.4) is 0 Å². The van der Waals surface area contributed by atoms with E-state index in [0.29, 0.717) is 38.1 Å². The molecule has 9 nitrogen and oxygen atoms in total. The van der Waals surface area contributed by atoms with Crippen LogP contribution in [0.25, 0.3) is 0 Å². The molecule has 3 saturated heterocycles. The Kier molecular flexibility index (Phi) is 9.04. The van der Waals surface area contributed by atoms with Gasteiger partial charge < -0.3 is 38.3 Å². The molecule has 0 radical (unpaired) electrons. The predicted molar refractivity (Wildman–Crippen MR) is 111 cm³/mol. The Morgan fingerprint density at radius 1 is 0.812 bits per heavy atom. The second kappa shape index (κ2) is 12.2. The Hall–Kier alpha value is -1.39. The van der Waals surface area contributed by atoms with Crippen LogP contribution in [0.5, 0.6) is 0 Å². The van der Waals surface area contributed by atoms with Gasteiger partial charge in [-0.1, -0.05) is 12.8 Å². The Bertz CT molecular complexity index is 613. The van der Waals surface area contributed by atoms with Crippen LogP contribution in [0, 0.1) is 0 Å². The topological polar surface area (TPSA) is 102 Å². The van der Waals surface area contributed by atoms with Crippen LogP contribution in [0.4, 0.5) is 0 Å². The fourth-order valence-electron chi connectivity index (χ4n) is 4.42. The van der Waals surface area contributed by atoms with Gasteiger partial charge >= 0.3 is 5.97 Å². The quantitative estimate of drug-likeness (QED) is 0.552. The minimum atomic E-state index is -0.487. The lowest BCUT2D eigenvalue weighted by molar-refractivity contribution is -0.150. The van der Waals surface area contributed by atoms with E-state index in [1.807, 2.05) is 0 Å². The van der Waals surface area contributed by atoms with Crippen LogP contribution in [0.1, 0.15) is 70.6 Å². The summed E-state index contributed by atoms with van der Waals surface area (Å²) >= 11 is 0. The van der Waals surface area contributed by atoms with Crippen LogP contribution >= 0.6 is 0 Å². The molecule has 4 heterocycles. The van der Waals surface area contributed by atoms with Crippen LogP contribution in [0.15, 0.2) is 11.5 Å². The summed E-state index contributed by atoms with van der Waals surface area (Å²) in [7, 11) is 0. The molecule has 5 aliphatic rings. The smallest absolute Gasteiger partial charge is 0.378 e. The van der Waals surface area contributed by atoms with Gasteiger partial charge in [0, 0.05) is 32.3 Å². The third-order valence-electron chi connectivity index (χ3n) is 6.18. The van der Waals surface area contributed by atoms with Gasteiger partial charge in [0.15, 0.2) is 30.7 Å². The monoisotopic (exact) mass is 456 g/mol. The molecular weight excluding hydrogens is 420 g/mol. The average Bonchev–Trinajstić information content (AvgIpc) is 3.60. The van der Waals surface area contributed by atoms with Crippen molar-refractivity contribution in [3.05, 3.63) is 11.5 Å². The van der Waals surface area contributed by atoms with Crippen LogP contribution < -0.4 is 0 Å². The number of aliphatic hydroxyl groups is 1. The van der Waals surface area contributed by atoms with E-state index < -0.39 is 24.7 Å². The summed E-state index contributed by atoms with van der Waals surface area (Å²) in [5.74, 6) is 0.0880. The number of cyclic esters (lactones) is 1. The lowest BCUT2D eigenvalue weighted by Crippen LogP contribution is -2.22. The molecule has 0 spiro atoms. The van der Waals surface area contributed by atoms with E-state index >= 15 is 0 Å². The first-order chi connectivity index (χ1) is 15.7. The van der Waals surface area contributed by atoms with Crippen molar-refractivity contribution in [1.29, 1.82) is 0 Å². The highest BCUT2D eigenvalue weighted by molar-refractivity contribution is 5.89. The number of esters is 1. The zero-order chi connectivity index (χ0) is 22.2. The maximum atomic E-state index is 12.4. The fraction of sp³-hybridized carbons (Fsp3) is 0.870. The average molecular weight is 457 g/mol. The van der Waals surface area contributed by atoms with Gasteiger partial charge in [-0.3, -0.25) is 0 Å². The van der Waals surface area contributed by atoms with Crippen LogP contribution in [0.2, 0.25) is 0 Å². The van der Waals surface area contributed by atoms with Crippen molar-refractivity contribution < 1.29 is 43.1 Å². The molecule has 4 unspecified atom stereocenters. The molecule has 9 heteroatoms. The van der Waals surface area contributed by atoms with Crippen LogP contribution in [-0.2, 0) is 38.0 Å². The van der Waals surface area contributed by atoms with Gasteiger partial charge in [0.25, 0.3) is 0 Å². The van der Waals surface area contributed by atoms with E-state index in [-0.39, 0.29) is 12.0 Å². The number of carbonyl (C=O) groups is 1. The van der Waals surface area contributed by atoms with E-state index in [1.165, 1.54) is 12.8 Å². The third-order valence-corrected chi connectivity index (χ3v) is 6.18. The summed E-state index contributed by atoms with van der Waals surface area (Å²) in [5.41, 5.74) is 0. The van der Waals surface area contributed by atoms with Crippen molar-refractivity contribution in [2.75, 3.05) is 26.4 Å². The number of hydrogen-bond acceptors (Lipinski definition) is 9. The standard InChI is InChI=1S/C19H28O7.C4H8O2/c20-19-18(26-16-8-4-11-23-16)17(25-15-7-3-10-22-15)14(24-19)9-12-21-13-5-1-2-6-13;5-4-2-1-3-6-4/h13-16H,1-12H2;4-5H,1-3H2. The largest absolute Gasteiger partial charge is 0.461 e. The molecule has 1 saturated carbocycles. The molecular formula is C23H36O9. The number of carbonyl (C=O) groups excluding carboxylic acids is 1. The molecule has 32 heavy (non-hydrogen) atoms. The molecule has 182 valence electrons. The summed E-state index contributed by atoms with van der Waals surface area (Å²) in [4.78, 5) is 12.4. The van der Waals surface area contributed by atoms with Gasteiger partial charge in [0.2, 0.25) is 5.76 Å². The number of rotatable bonds is 8. The summed E-state index contributed by atoms with van der Waals surface area (Å²) in [6.07, 6.45) is 9.17. The van der Waals surface area contributed by atoms with Crippen molar-refractivity contribution in [2.45, 2.75) is 102 Å². The highest BCUT2D eigenvalue weighted by Crippen LogP contribution is 2.33. The Morgan fingerprint density at radius 2 is 1.47 bits per heavy atom. The molecule has 5 rings (SSSR count). The Balaban J connectivity index is 0.000000354. The van der Waals surface area contributed by atoms with Crippen molar-refractivity contribution in [3.8, 4) is 0 Å². The molecule has 4 atom stereocenters. The predicted octanol–water partition coefficient (Wildman–Crippen LogP) is 2.89. The van der Waals surface area contributed by atoms with Crippen molar-refractivity contribution >= 4 is 5.97 Å². The van der Waals surface area contributed by atoms with E-state index in [0.717, 1.165) is 58.0 Å². The Morgan fingerprint density at radius 3 is 2.03 bits per heavy atom. The normalized spacial score (nSPS) is 32.8. The van der Waals surface area contributed by atoms with Gasteiger partial charge in [-0.15, -0.1) is 0 Å². The molecule has 0 bridgehead atoms. The molecule has 4 aliphatic heterocycles. The minimum Gasteiger partial charge on any atom is -0.461 e.